The third kappa shape index (κ3) is 3.10. The lowest BCUT2D eigenvalue weighted by molar-refractivity contribution is 0.103. The van der Waals surface area contributed by atoms with Crippen molar-refractivity contribution in [1.82, 2.24) is 19.7 Å². The van der Waals surface area contributed by atoms with Crippen molar-refractivity contribution in [3.05, 3.63) is 38.2 Å². The lowest BCUT2D eigenvalue weighted by Crippen LogP contribution is -2.35. The average molecular weight is 363 g/mol. The van der Waals surface area contributed by atoms with E-state index in [1.807, 2.05) is 22.9 Å². The number of rotatable bonds is 3. The molecule has 1 unspecified atom stereocenters. The van der Waals surface area contributed by atoms with Gasteiger partial charge in [0.05, 0.1) is 22.9 Å². The fourth-order valence-corrected chi connectivity index (χ4v) is 5.34. The number of fused-ring (bicyclic) bond motifs is 1. The highest BCUT2D eigenvalue weighted by atomic mass is 32.1. The normalized spacial score (nSPS) is 19.4. The monoisotopic (exact) mass is 362 g/mol. The summed E-state index contributed by atoms with van der Waals surface area (Å²) in [6, 6.07) is 8.78. The van der Waals surface area contributed by atoms with Gasteiger partial charge in [0.25, 0.3) is 0 Å². The van der Waals surface area contributed by atoms with Crippen molar-refractivity contribution in [3.63, 3.8) is 0 Å². The van der Waals surface area contributed by atoms with E-state index in [-0.39, 0.29) is 0 Å². The van der Waals surface area contributed by atoms with Crippen LogP contribution in [0.15, 0.2) is 24.3 Å². The number of benzene rings is 1. The number of para-hydroxylation sites is 1. The second-order valence-corrected chi connectivity index (χ2v) is 8.76. The molecule has 120 valence electrons. The van der Waals surface area contributed by atoms with Gasteiger partial charge in [0.1, 0.15) is 10.0 Å². The Morgan fingerprint density at radius 3 is 2.91 bits per heavy atom. The van der Waals surface area contributed by atoms with Crippen LogP contribution in [0.5, 0.6) is 0 Å². The van der Waals surface area contributed by atoms with Crippen LogP contribution in [0.3, 0.4) is 0 Å². The smallest absolute Gasteiger partial charge is 0.180 e. The molecule has 0 bridgehead atoms. The van der Waals surface area contributed by atoms with Gasteiger partial charge in [-0.05, 0) is 44.1 Å². The second kappa shape index (κ2) is 6.39. The number of piperidine rings is 1. The zero-order valence-corrected chi connectivity index (χ0v) is 15.4. The summed E-state index contributed by atoms with van der Waals surface area (Å²) in [4.78, 5) is 7.36. The van der Waals surface area contributed by atoms with Crippen LogP contribution in [0.2, 0.25) is 0 Å². The Morgan fingerprint density at radius 1 is 1.26 bits per heavy atom. The minimum Gasteiger partial charge on any atom is -0.275 e. The van der Waals surface area contributed by atoms with E-state index in [0.717, 1.165) is 34.1 Å². The van der Waals surface area contributed by atoms with Gasteiger partial charge in [0, 0.05) is 6.54 Å². The molecule has 1 atom stereocenters. The highest BCUT2D eigenvalue weighted by Gasteiger charge is 2.27. The van der Waals surface area contributed by atoms with Crippen molar-refractivity contribution in [2.24, 2.45) is 0 Å². The molecule has 0 amide bonds. The van der Waals surface area contributed by atoms with Crippen LogP contribution < -0.4 is 0 Å². The topological polar surface area (TPSA) is 34.0 Å². The summed E-state index contributed by atoms with van der Waals surface area (Å²) in [6.07, 6.45) is 3.66. The zero-order chi connectivity index (χ0) is 15.8. The maximum absolute atomic E-state index is 5.43. The van der Waals surface area contributed by atoms with Crippen molar-refractivity contribution >= 4 is 45.1 Å². The van der Waals surface area contributed by atoms with E-state index in [1.165, 1.54) is 22.5 Å². The second-order valence-electron chi connectivity index (χ2n) is 5.87. The van der Waals surface area contributed by atoms with E-state index in [4.69, 9.17) is 17.2 Å². The van der Waals surface area contributed by atoms with Gasteiger partial charge in [-0.3, -0.25) is 4.90 Å². The predicted octanol–water partition coefficient (Wildman–Crippen LogP) is 4.78. The Labute approximate surface area is 148 Å². The van der Waals surface area contributed by atoms with Gasteiger partial charge in [-0.25, -0.2) is 9.67 Å². The first-order chi connectivity index (χ1) is 11.2. The first-order valence-corrected chi connectivity index (χ1v) is 9.89. The van der Waals surface area contributed by atoms with E-state index < -0.39 is 0 Å². The Kier molecular flexibility index (Phi) is 4.27. The van der Waals surface area contributed by atoms with Crippen molar-refractivity contribution in [3.8, 4) is 0 Å². The summed E-state index contributed by atoms with van der Waals surface area (Å²) in [5.41, 5.74) is 1.11. The minimum atomic E-state index is 0.380. The standard InChI is InChI=1S/C16H18N4S3/c1-11-18-20(16(21)22-11)10-19-9-5-4-7-13(19)15-17-12-6-2-3-8-14(12)23-15/h2-3,6,8,13H,4-5,7,9-10H2,1H3. The SMILES string of the molecule is Cc1nn(CN2CCCCC2c2nc3ccccc3s2)c(=S)s1. The van der Waals surface area contributed by atoms with Crippen LogP contribution in [0.1, 0.15) is 35.3 Å². The number of hydrogen-bond donors (Lipinski definition) is 0. The van der Waals surface area contributed by atoms with Crippen molar-refractivity contribution < 1.29 is 0 Å². The molecular formula is C16H18N4S3. The van der Waals surface area contributed by atoms with E-state index in [0.29, 0.717) is 6.04 Å². The molecule has 23 heavy (non-hydrogen) atoms. The molecule has 3 aromatic rings. The molecule has 0 aliphatic carbocycles. The van der Waals surface area contributed by atoms with Gasteiger partial charge < -0.3 is 0 Å². The molecule has 0 N–H and O–H groups in total. The van der Waals surface area contributed by atoms with E-state index >= 15 is 0 Å². The summed E-state index contributed by atoms with van der Waals surface area (Å²) >= 11 is 8.84. The number of nitrogens with zero attached hydrogens (tertiary/aromatic N) is 4. The molecule has 1 fully saturated rings. The number of thiazole rings is 1. The van der Waals surface area contributed by atoms with Crippen molar-refractivity contribution in [1.29, 1.82) is 0 Å². The van der Waals surface area contributed by atoms with Gasteiger partial charge >= 0.3 is 0 Å². The molecule has 1 aliphatic heterocycles. The molecule has 0 spiro atoms. The average Bonchev–Trinajstić information content (AvgIpc) is 3.11. The van der Waals surface area contributed by atoms with Crippen LogP contribution in [-0.2, 0) is 6.67 Å². The summed E-state index contributed by atoms with van der Waals surface area (Å²) < 4.78 is 4.09. The van der Waals surface area contributed by atoms with Crippen LogP contribution in [-0.4, -0.2) is 26.2 Å². The van der Waals surface area contributed by atoms with Crippen molar-refractivity contribution in [2.75, 3.05) is 6.54 Å². The van der Waals surface area contributed by atoms with Gasteiger partial charge in [0.15, 0.2) is 3.95 Å². The molecular weight excluding hydrogens is 344 g/mol. The maximum atomic E-state index is 5.43. The Hall–Kier alpha value is -1.15. The lowest BCUT2D eigenvalue weighted by atomic mass is 10.0. The van der Waals surface area contributed by atoms with Crippen LogP contribution >= 0.6 is 34.9 Å². The molecule has 0 radical (unpaired) electrons. The Balaban J connectivity index is 1.64. The van der Waals surface area contributed by atoms with Crippen LogP contribution in [0.25, 0.3) is 10.2 Å². The number of hydrogen-bond acceptors (Lipinski definition) is 6. The zero-order valence-electron chi connectivity index (χ0n) is 12.9. The summed E-state index contributed by atoms with van der Waals surface area (Å²) in [7, 11) is 0. The van der Waals surface area contributed by atoms with Crippen LogP contribution in [0.4, 0.5) is 0 Å². The Bertz CT molecular complexity index is 846. The van der Waals surface area contributed by atoms with Crippen LogP contribution in [0, 0.1) is 10.9 Å². The molecule has 1 aliphatic rings. The maximum Gasteiger partial charge on any atom is 0.180 e. The highest BCUT2D eigenvalue weighted by molar-refractivity contribution is 7.73. The van der Waals surface area contributed by atoms with Crippen molar-refractivity contribution in [2.45, 2.75) is 38.9 Å². The number of aromatic nitrogens is 3. The fraction of sp³-hybridized carbons (Fsp3) is 0.438. The van der Waals surface area contributed by atoms with E-state index in [2.05, 4.69) is 34.3 Å². The molecule has 7 heteroatoms. The molecule has 0 saturated carbocycles. The first-order valence-electron chi connectivity index (χ1n) is 7.85. The third-order valence-corrected chi connectivity index (χ3v) is 6.59. The van der Waals surface area contributed by atoms with Gasteiger partial charge in [-0.15, -0.1) is 11.3 Å². The molecule has 1 saturated heterocycles. The van der Waals surface area contributed by atoms with Gasteiger partial charge in [-0.2, -0.15) is 5.10 Å². The first kappa shape index (κ1) is 15.4. The largest absolute Gasteiger partial charge is 0.275 e. The van der Waals surface area contributed by atoms with Gasteiger partial charge in [0.2, 0.25) is 0 Å². The van der Waals surface area contributed by atoms with E-state index in [9.17, 15) is 0 Å². The Morgan fingerprint density at radius 2 is 2.13 bits per heavy atom. The minimum absolute atomic E-state index is 0.380. The fourth-order valence-electron chi connectivity index (χ4n) is 3.14. The van der Waals surface area contributed by atoms with E-state index in [1.54, 1.807) is 11.3 Å². The molecule has 4 nitrogen and oxygen atoms in total. The molecule has 1 aromatic carbocycles. The predicted molar refractivity (Wildman–Crippen MR) is 98.6 cm³/mol. The summed E-state index contributed by atoms with van der Waals surface area (Å²) in [5, 5.41) is 6.80. The summed E-state index contributed by atoms with van der Waals surface area (Å²) in [5.74, 6) is 0. The molecule has 3 heterocycles. The molecule has 2 aromatic heterocycles. The third-order valence-electron chi connectivity index (χ3n) is 4.23. The lowest BCUT2D eigenvalue weighted by Gasteiger charge is -2.34. The van der Waals surface area contributed by atoms with Gasteiger partial charge in [-0.1, -0.05) is 29.9 Å². The number of aryl methyl sites for hydroxylation is 1. The quantitative estimate of drug-likeness (QED) is 0.628. The summed E-state index contributed by atoms with van der Waals surface area (Å²) in [6.45, 7) is 3.86. The molecule has 4 rings (SSSR count). The number of likely N-dealkylation sites (tertiary alicyclic amines) is 1. The highest BCUT2D eigenvalue weighted by Crippen LogP contribution is 2.35.